The fourth-order valence-electron chi connectivity index (χ4n) is 6.98. The van der Waals surface area contributed by atoms with Crippen LogP contribution in [0.25, 0.3) is 0 Å². The van der Waals surface area contributed by atoms with Crippen molar-refractivity contribution in [3.63, 3.8) is 0 Å². The molecule has 9 heteroatoms. The SMILES string of the molecule is CCCCC(C)(C)[C@@H](/C=C/[C@@H]1[C@@H]2[C@H](C[C@H]1OC1CCCCO1)OC(C(I)CCCC(=O)OC)[C@@H]2F)OC1CCCCO1. The Balaban J connectivity index is 1.51. The van der Waals surface area contributed by atoms with Crippen molar-refractivity contribution in [2.24, 2.45) is 17.3 Å². The van der Waals surface area contributed by atoms with Crippen LogP contribution in [-0.4, -0.2) is 73.4 Å². The molecule has 0 aromatic rings. The van der Waals surface area contributed by atoms with Gasteiger partial charge in [0.2, 0.25) is 0 Å². The van der Waals surface area contributed by atoms with Crippen molar-refractivity contribution in [1.29, 1.82) is 0 Å². The topological polar surface area (TPSA) is 72.5 Å². The van der Waals surface area contributed by atoms with Gasteiger partial charge in [0.25, 0.3) is 0 Å². The van der Waals surface area contributed by atoms with Crippen molar-refractivity contribution in [3.8, 4) is 0 Å². The second-order valence-corrected chi connectivity index (χ2v) is 14.9. The minimum absolute atomic E-state index is 0.0222. The number of methoxy groups -OCH3 is 1. The molecule has 0 N–H and O–H groups in total. The van der Waals surface area contributed by atoms with Gasteiger partial charge in [0.15, 0.2) is 12.6 Å². The third-order valence-corrected chi connectivity index (χ3v) is 10.9. The van der Waals surface area contributed by atoms with Gasteiger partial charge in [-0.25, -0.2) is 4.39 Å². The van der Waals surface area contributed by atoms with Gasteiger partial charge < -0.3 is 28.4 Å². The molecule has 0 aromatic heterocycles. The molecule has 242 valence electrons. The molecule has 4 rings (SSSR count). The van der Waals surface area contributed by atoms with Crippen molar-refractivity contribution in [2.75, 3.05) is 20.3 Å². The summed E-state index contributed by atoms with van der Waals surface area (Å²) in [7, 11) is 1.40. The van der Waals surface area contributed by atoms with Gasteiger partial charge in [-0.15, -0.1) is 0 Å². The summed E-state index contributed by atoms with van der Waals surface area (Å²) in [6.07, 6.45) is 13.5. The number of halogens is 2. The van der Waals surface area contributed by atoms with Crippen LogP contribution in [0.15, 0.2) is 12.2 Å². The molecule has 1 saturated carbocycles. The Morgan fingerprint density at radius 1 is 1.10 bits per heavy atom. The van der Waals surface area contributed by atoms with Gasteiger partial charge in [0, 0.05) is 41.8 Å². The first kappa shape index (κ1) is 34.5. The molecule has 0 aromatic carbocycles. The van der Waals surface area contributed by atoms with Gasteiger partial charge >= 0.3 is 5.97 Å². The molecular weight excluding hydrogens is 654 g/mol. The fourth-order valence-corrected chi connectivity index (χ4v) is 7.99. The Labute approximate surface area is 266 Å². The first-order valence-electron chi connectivity index (χ1n) is 16.5. The van der Waals surface area contributed by atoms with E-state index in [0.717, 1.165) is 64.4 Å². The van der Waals surface area contributed by atoms with Crippen LogP contribution in [0, 0.1) is 17.3 Å². The molecule has 0 radical (unpaired) electrons. The Bertz CT molecular complexity index is 844. The van der Waals surface area contributed by atoms with Crippen molar-refractivity contribution in [3.05, 3.63) is 12.2 Å². The molecule has 10 atom stereocenters. The average molecular weight is 709 g/mol. The third kappa shape index (κ3) is 9.35. The summed E-state index contributed by atoms with van der Waals surface area (Å²) in [6.45, 7) is 8.19. The predicted molar refractivity (Wildman–Crippen MR) is 168 cm³/mol. The predicted octanol–water partition coefficient (Wildman–Crippen LogP) is 7.47. The summed E-state index contributed by atoms with van der Waals surface area (Å²) in [5.74, 6) is -0.658. The fraction of sp³-hybridized carbons (Fsp3) is 0.909. The second kappa shape index (κ2) is 16.8. The Kier molecular flexibility index (Phi) is 13.8. The van der Waals surface area contributed by atoms with E-state index in [1.807, 2.05) is 0 Å². The van der Waals surface area contributed by atoms with E-state index in [2.05, 4.69) is 55.5 Å². The summed E-state index contributed by atoms with van der Waals surface area (Å²) in [4.78, 5) is 11.6. The maximum absolute atomic E-state index is 16.4. The van der Waals surface area contributed by atoms with E-state index in [4.69, 9.17) is 28.4 Å². The van der Waals surface area contributed by atoms with E-state index in [1.165, 1.54) is 7.11 Å². The van der Waals surface area contributed by atoms with Gasteiger partial charge in [-0.1, -0.05) is 68.4 Å². The molecule has 1 aliphatic carbocycles. The highest BCUT2D eigenvalue weighted by atomic mass is 127. The van der Waals surface area contributed by atoms with E-state index in [-0.39, 0.29) is 58.0 Å². The van der Waals surface area contributed by atoms with Gasteiger partial charge in [-0.3, -0.25) is 4.79 Å². The Morgan fingerprint density at radius 2 is 1.81 bits per heavy atom. The Hall–Kier alpha value is -0.330. The van der Waals surface area contributed by atoms with Crippen LogP contribution in [0.2, 0.25) is 0 Å². The molecule has 0 amide bonds. The minimum atomic E-state index is -1.11. The van der Waals surface area contributed by atoms with Crippen molar-refractivity contribution < 1.29 is 37.6 Å². The third-order valence-electron chi connectivity index (χ3n) is 9.58. The number of hydrogen-bond donors (Lipinski definition) is 0. The number of ether oxygens (including phenoxy) is 6. The molecule has 0 spiro atoms. The van der Waals surface area contributed by atoms with Crippen molar-refractivity contribution >= 4 is 28.6 Å². The lowest BCUT2D eigenvalue weighted by Crippen LogP contribution is -2.38. The normalized spacial score (nSPS) is 35.3. The highest BCUT2D eigenvalue weighted by Crippen LogP contribution is 2.49. The summed E-state index contributed by atoms with van der Waals surface area (Å²) >= 11 is 2.30. The van der Waals surface area contributed by atoms with E-state index in [1.54, 1.807) is 0 Å². The number of carbonyl (C=O) groups excluding carboxylic acids is 1. The summed E-state index contributed by atoms with van der Waals surface area (Å²) < 4.78 is 52.6. The summed E-state index contributed by atoms with van der Waals surface area (Å²) in [5.41, 5.74) is -0.0923. The first-order valence-corrected chi connectivity index (χ1v) is 17.7. The molecule has 4 unspecified atom stereocenters. The molecule has 0 bridgehead atoms. The maximum Gasteiger partial charge on any atom is 0.305 e. The van der Waals surface area contributed by atoms with Crippen LogP contribution in [0.4, 0.5) is 4.39 Å². The number of fused-ring (bicyclic) bond motifs is 1. The molecule has 4 aliphatic rings. The zero-order valence-corrected chi connectivity index (χ0v) is 28.3. The molecule has 4 fully saturated rings. The molecule has 7 nitrogen and oxygen atoms in total. The lowest BCUT2D eigenvalue weighted by Gasteiger charge is -2.37. The molecule has 3 saturated heterocycles. The zero-order valence-electron chi connectivity index (χ0n) is 26.1. The number of esters is 1. The smallest absolute Gasteiger partial charge is 0.305 e. The molecule has 42 heavy (non-hydrogen) atoms. The van der Waals surface area contributed by atoms with Crippen LogP contribution >= 0.6 is 22.6 Å². The zero-order chi connectivity index (χ0) is 30.1. The largest absolute Gasteiger partial charge is 0.469 e. The van der Waals surface area contributed by atoms with Crippen molar-refractivity contribution in [1.82, 2.24) is 0 Å². The maximum atomic E-state index is 16.4. The summed E-state index contributed by atoms with van der Waals surface area (Å²) in [5, 5.41) is 0. The van der Waals surface area contributed by atoms with E-state index >= 15 is 4.39 Å². The molecule has 3 heterocycles. The first-order chi connectivity index (χ1) is 20.2. The monoisotopic (exact) mass is 708 g/mol. The van der Waals surface area contributed by atoms with Crippen LogP contribution in [0.1, 0.15) is 104 Å². The number of unbranched alkanes of at least 4 members (excludes halogenated alkanes) is 1. The van der Waals surface area contributed by atoms with Crippen LogP contribution in [-0.2, 0) is 33.2 Å². The standard InChI is InChI=1S/C33H54FIO7/c1-5-6-18-33(2,3)26(42-29-15-8-10-20-39-29)17-16-22-24(40-28-14-7-9-19-38-28)21-25-30(22)31(34)32(41-25)23(35)12-11-13-27(36)37-4/h16-17,22-26,28-32H,5-15,18-21H2,1-4H3/b17-16+/t22-,23?,24+,25-,26+,28?,29?,30+,31+,32?/m0/s1. The quantitative estimate of drug-likeness (QED) is 0.0757. The molecule has 3 aliphatic heterocycles. The minimum Gasteiger partial charge on any atom is -0.469 e. The van der Waals surface area contributed by atoms with E-state index < -0.39 is 12.3 Å². The average Bonchev–Trinajstić information content (AvgIpc) is 3.50. The van der Waals surface area contributed by atoms with Gasteiger partial charge in [-0.05, 0) is 63.2 Å². The summed E-state index contributed by atoms with van der Waals surface area (Å²) in [6, 6.07) is 0. The highest BCUT2D eigenvalue weighted by Gasteiger charge is 2.57. The van der Waals surface area contributed by atoms with Crippen molar-refractivity contribution in [2.45, 2.75) is 151 Å². The van der Waals surface area contributed by atoms with E-state index in [0.29, 0.717) is 32.3 Å². The van der Waals surface area contributed by atoms with Gasteiger partial charge in [-0.2, -0.15) is 0 Å². The lowest BCUT2D eigenvalue weighted by molar-refractivity contribution is -0.198. The van der Waals surface area contributed by atoms with Gasteiger partial charge in [0.1, 0.15) is 12.3 Å². The van der Waals surface area contributed by atoms with Crippen LogP contribution in [0.5, 0.6) is 0 Å². The molecular formula is C33H54FIO7. The number of hydrogen-bond acceptors (Lipinski definition) is 7. The van der Waals surface area contributed by atoms with E-state index in [9.17, 15) is 4.79 Å². The van der Waals surface area contributed by atoms with Crippen LogP contribution < -0.4 is 0 Å². The lowest BCUT2D eigenvalue weighted by atomic mass is 9.80. The number of carbonyl (C=O) groups is 1. The van der Waals surface area contributed by atoms with Crippen LogP contribution in [0.3, 0.4) is 0 Å². The second-order valence-electron chi connectivity index (χ2n) is 13.3. The number of rotatable bonds is 15. The van der Waals surface area contributed by atoms with Gasteiger partial charge in [0.05, 0.1) is 25.4 Å². The number of alkyl halides is 2. The Morgan fingerprint density at radius 3 is 2.45 bits per heavy atom. The highest BCUT2D eigenvalue weighted by molar-refractivity contribution is 14.1.